The van der Waals surface area contributed by atoms with Gasteiger partial charge in [0.05, 0.1) is 12.2 Å². The van der Waals surface area contributed by atoms with Crippen molar-refractivity contribution < 1.29 is 19.1 Å². The fraction of sp³-hybridized carbons (Fsp3) is 0.200. The van der Waals surface area contributed by atoms with Gasteiger partial charge >= 0.3 is 0 Å². The summed E-state index contributed by atoms with van der Waals surface area (Å²) in [4.78, 5) is 36.0. The number of hydrogen-bond acceptors (Lipinski definition) is 5. The number of hydrazine groups is 1. The standard InChI is InChI=1S/C20H21IN4O4S/c1-2-29-14-9-7-13(8-10-14)22-17(26)11-12-18(27)24-25-20(30)23-19(28)15-5-3-4-6-16(15)21/h3-10H,2,11-12H2,1H3,(H,22,26)(H,24,27)(H2,23,25,28,30). The molecular formula is C20H21IN4O4S. The largest absolute Gasteiger partial charge is 0.494 e. The lowest BCUT2D eigenvalue weighted by atomic mass is 10.2. The van der Waals surface area contributed by atoms with Crippen molar-refractivity contribution in [3.05, 3.63) is 57.7 Å². The van der Waals surface area contributed by atoms with Gasteiger partial charge in [0.2, 0.25) is 11.8 Å². The average Bonchev–Trinajstić information content (AvgIpc) is 2.72. The fourth-order valence-corrected chi connectivity index (χ4v) is 3.06. The molecule has 8 nitrogen and oxygen atoms in total. The van der Waals surface area contributed by atoms with Crippen LogP contribution in [0.4, 0.5) is 5.69 Å². The van der Waals surface area contributed by atoms with E-state index < -0.39 is 5.91 Å². The summed E-state index contributed by atoms with van der Waals surface area (Å²) >= 11 is 7.04. The van der Waals surface area contributed by atoms with Crippen molar-refractivity contribution in [3.8, 4) is 5.75 Å². The van der Waals surface area contributed by atoms with Crippen molar-refractivity contribution >= 4 is 63.3 Å². The smallest absolute Gasteiger partial charge is 0.258 e. The summed E-state index contributed by atoms with van der Waals surface area (Å²) in [5.41, 5.74) is 5.88. The third-order valence-electron chi connectivity index (χ3n) is 3.69. The lowest BCUT2D eigenvalue weighted by molar-refractivity contribution is -0.124. The Hall–Kier alpha value is -2.73. The van der Waals surface area contributed by atoms with E-state index in [1.165, 1.54) is 0 Å². The molecule has 158 valence electrons. The molecular weight excluding hydrogens is 519 g/mol. The number of rotatable bonds is 7. The van der Waals surface area contributed by atoms with E-state index in [4.69, 9.17) is 17.0 Å². The van der Waals surface area contributed by atoms with Gasteiger partial charge in [-0.2, -0.15) is 0 Å². The van der Waals surface area contributed by atoms with E-state index in [1.807, 2.05) is 35.6 Å². The molecule has 2 aromatic carbocycles. The molecule has 3 amide bonds. The SMILES string of the molecule is CCOc1ccc(NC(=O)CCC(=O)NNC(=S)NC(=O)c2ccccc2I)cc1. The number of nitrogens with one attached hydrogen (secondary N) is 4. The Bertz CT molecular complexity index is 921. The summed E-state index contributed by atoms with van der Waals surface area (Å²) in [7, 11) is 0. The maximum atomic E-state index is 12.1. The van der Waals surface area contributed by atoms with E-state index in [9.17, 15) is 14.4 Å². The number of ether oxygens (including phenoxy) is 1. The third kappa shape index (κ3) is 7.95. The molecule has 0 atom stereocenters. The highest BCUT2D eigenvalue weighted by Gasteiger charge is 2.12. The second kappa shape index (κ2) is 12.1. The number of thiocarbonyl (C=S) groups is 1. The molecule has 0 aliphatic carbocycles. The molecule has 0 heterocycles. The Balaban J connectivity index is 1.68. The first-order chi connectivity index (χ1) is 14.4. The highest BCUT2D eigenvalue weighted by Crippen LogP contribution is 2.16. The number of amides is 3. The van der Waals surface area contributed by atoms with Crippen LogP contribution >= 0.6 is 34.8 Å². The van der Waals surface area contributed by atoms with E-state index in [2.05, 4.69) is 21.5 Å². The summed E-state index contributed by atoms with van der Waals surface area (Å²) in [6.07, 6.45) is -0.0644. The predicted octanol–water partition coefficient (Wildman–Crippen LogP) is 2.74. The van der Waals surface area contributed by atoms with Crippen molar-refractivity contribution in [1.82, 2.24) is 16.2 Å². The molecule has 0 aliphatic rings. The Morgan fingerprint density at radius 3 is 2.30 bits per heavy atom. The van der Waals surface area contributed by atoms with Gasteiger partial charge < -0.3 is 10.1 Å². The highest BCUT2D eigenvalue weighted by atomic mass is 127. The van der Waals surface area contributed by atoms with Crippen LogP contribution in [0.2, 0.25) is 0 Å². The van der Waals surface area contributed by atoms with E-state index in [-0.39, 0.29) is 29.8 Å². The lowest BCUT2D eigenvalue weighted by Gasteiger charge is -2.11. The van der Waals surface area contributed by atoms with Gasteiger partial charge in [-0.1, -0.05) is 12.1 Å². The molecule has 0 saturated carbocycles. The molecule has 0 saturated heterocycles. The van der Waals surface area contributed by atoms with E-state index in [0.717, 1.165) is 3.57 Å². The van der Waals surface area contributed by atoms with Gasteiger partial charge in [0, 0.05) is 22.1 Å². The minimum atomic E-state index is -0.442. The zero-order valence-corrected chi connectivity index (χ0v) is 19.1. The number of carbonyl (C=O) groups is 3. The van der Waals surface area contributed by atoms with Gasteiger partial charge in [-0.15, -0.1) is 0 Å². The van der Waals surface area contributed by atoms with Crippen LogP contribution < -0.4 is 26.2 Å². The van der Waals surface area contributed by atoms with Gasteiger partial charge in [-0.3, -0.25) is 30.6 Å². The minimum Gasteiger partial charge on any atom is -0.494 e. The number of benzene rings is 2. The first-order valence-electron chi connectivity index (χ1n) is 9.06. The Morgan fingerprint density at radius 1 is 0.967 bits per heavy atom. The number of anilines is 1. The van der Waals surface area contributed by atoms with Crippen LogP contribution in [0.1, 0.15) is 30.1 Å². The second-order valence-corrected chi connectivity index (χ2v) is 7.51. The molecule has 0 aliphatic heterocycles. The van der Waals surface area contributed by atoms with Crippen molar-refractivity contribution in [2.45, 2.75) is 19.8 Å². The summed E-state index contributed by atoms with van der Waals surface area (Å²) in [5, 5.41) is 5.13. The predicted molar refractivity (Wildman–Crippen MR) is 126 cm³/mol. The Morgan fingerprint density at radius 2 is 1.63 bits per heavy atom. The molecule has 4 N–H and O–H groups in total. The van der Waals surface area contributed by atoms with Crippen LogP contribution in [-0.2, 0) is 9.59 Å². The maximum Gasteiger partial charge on any atom is 0.258 e. The van der Waals surface area contributed by atoms with Crippen LogP contribution in [0.5, 0.6) is 5.75 Å². The first-order valence-corrected chi connectivity index (χ1v) is 10.5. The maximum absolute atomic E-state index is 12.1. The molecule has 0 fully saturated rings. The van der Waals surface area contributed by atoms with Crippen LogP contribution in [0.3, 0.4) is 0 Å². The van der Waals surface area contributed by atoms with Gasteiger partial charge in [0.1, 0.15) is 5.75 Å². The zero-order valence-electron chi connectivity index (χ0n) is 16.2. The summed E-state index contributed by atoms with van der Waals surface area (Å²) in [6.45, 7) is 2.45. The van der Waals surface area contributed by atoms with E-state index in [1.54, 1.807) is 42.5 Å². The first kappa shape index (κ1) is 23.5. The molecule has 0 spiro atoms. The van der Waals surface area contributed by atoms with Gasteiger partial charge in [0.25, 0.3) is 5.91 Å². The summed E-state index contributed by atoms with van der Waals surface area (Å²) in [5.74, 6) is -0.418. The van der Waals surface area contributed by atoms with Crippen LogP contribution in [0, 0.1) is 3.57 Å². The van der Waals surface area contributed by atoms with Crippen molar-refractivity contribution in [1.29, 1.82) is 0 Å². The Labute approximate surface area is 193 Å². The summed E-state index contributed by atoms with van der Waals surface area (Å²) in [6, 6.07) is 14.0. The van der Waals surface area contributed by atoms with E-state index >= 15 is 0 Å². The quantitative estimate of drug-likeness (QED) is 0.245. The van der Waals surface area contributed by atoms with Crippen LogP contribution in [0.25, 0.3) is 0 Å². The molecule has 0 aromatic heterocycles. The van der Waals surface area contributed by atoms with Crippen LogP contribution in [0.15, 0.2) is 48.5 Å². The minimum absolute atomic E-state index is 0.0118. The van der Waals surface area contributed by atoms with Crippen LogP contribution in [-0.4, -0.2) is 29.4 Å². The highest BCUT2D eigenvalue weighted by molar-refractivity contribution is 14.1. The zero-order chi connectivity index (χ0) is 21.9. The molecule has 0 unspecified atom stereocenters. The van der Waals surface area contributed by atoms with Gasteiger partial charge in [-0.25, -0.2) is 0 Å². The molecule has 30 heavy (non-hydrogen) atoms. The van der Waals surface area contributed by atoms with Crippen molar-refractivity contribution in [2.24, 2.45) is 0 Å². The van der Waals surface area contributed by atoms with Gasteiger partial charge in [0.15, 0.2) is 5.11 Å². The number of halogens is 1. The monoisotopic (exact) mass is 540 g/mol. The molecule has 2 rings (SSSR count). The third-order valence-corrected chi connectivity index (χ3v) is 4.83. The molecule has 10 heteroatoms. The number of carbonyl (C=O) groups excluding carboxylic acids is 3. The molecule has 0 radical (unpaired) electrons. The Kier molecular flexibility index (Phi) is 9.48. The molecule has 2 aromatic rings. The van der Waals surface area contributed by atoms with E-state index in [0.29, 0.717) is 23.6 Å². The summed E-state index contributed by atoms with van der Waals surface area (Å²) < 4.78 is 6.11. The average molecular weight is 540 g/mol. The second-order valence-electron chi connectivity index (χ2n) is 5.94. The molecule has 0 bridgehead atoms. The van der Waals surface area contributed by atoms with Gasteiger partial charge in [-0.05, 0) is 78.1 Å². The van der Waals surface area contributed by atoms with Crippen molar-refractivity contribution in [3.63, 3.8) is 0 Å². The fourth-order valence-electron chi connectivity index (χ4n) is 2.29. The normalized spacial score (nSPS) is 9.93. The topological polar surface area (TPSA) is 109 Å². The number of hydrogen-bond donors (Lipinski definition) is 4. The lowest BCUT2D eigenvalue weighted by Crippen LogP contribution is -2.48. The van der Waals surface area contributed by atoms with Crippen molar-refractivity contribution in [2.75, 3.05) is 11.9 Å².